The number of ether oxygens (including phenoxy) is 1. The summed E-state index contributed by atoms with van der Waals surface area (Å²) in [5.74, 6) is 2.11. The first-order valence-corrected chi connectivity index (χ1v) is 10.7. The predicted molar refractivity (Wildman–Crippen MR) is 113 cm³/mol. The van der Waals surface area contributed by atoms with Crippen LogP contribution in [-0.4, -0.2) is 27.2 Å². The molecule has 0 atom stereocenters. The van der Waals surface area contributed by atoms with E-state index >= 15 is 0 Å². The molecule has 1 N–H and O–H groups in total. The van der Waals surface area contributed by atoms with E-state index in [2.05, 4.69) is 24.0 Å². The number of aromatic amines is 1. The van der Waals surface area contributed by atoms with Crippen LogP contribution in [-0.2, 0) is 11.8 Å². The number of pyridine rings is 1. The van der Waals surface area contributed by atoms with Crippen molar-refractivity contribution in [3.63, 3.8) is 0 Å². The highest BCUT2D eigenvalue weighted by molar-refractivity contribution is 7.99. The molecule has 0 saturated heterocycles. The number of hydrogen-bond donors (Lipinski definition) is 1. The van der Waals surface area contributed by atoms with Gasteiger partial charge in [0.25, 0.3) is 5.56 Å². The summed E-state index contributed by atoms with van der Waals surface area (Å²) in [6.45, 7) is 2.13. The Morgan fingerprint density at radius 2 is 1.96 bits per heavy atom. The SMILES string of the molecule is CCSc1ccc(OC2CCC(=O)CC2)c(-c2cn(C)c(=O)c3[nH]ccc23)c1. The fourth-order valence-electron chi connectivity index (χ4n) is 3.77. The van der Waals surface area contributed by atoms with Crippen molar-refractivity contribution in [3.05, 3.63) is 47.0 Å². The molecular weight excluding hydrogens is 372 g/mol. The van der Waals surface area contributed by atoms with Gasteiger partial charge in [0, 0.05) is 53.7 Å². The summed E-state index contributed by atoms with van der Waals surface area (Å²) >= 11 is 1.78. The summed E-state index contributed by atoms with van der Waals surface area (Å²) in [4.78, 5) is 28.2. The van der Waals surface area contributed by atoms with Crippen LogP contribution in [0.3, 0.4) is 0 Å². The smallest absolute Gasteiger partial charge is 0.274 e. The fraction of sp³-hybridized carbons (Fsp3) is 0.364. The van der Waals surface area contributed by atoms with E-state index in [9.17, 15) is 9.59 Å². The number of nitrogens with one attached hydrogen (secondary N) is 1. The molecule has 4 rings (SSSR count). The number of aryl methyl sites for hydroxylation is 1. The highest BCUT2D eigenvalue weighted by atomic mass is 32.2. The highest BCUT2D eigenvalue weighted by Gasteiger charge is 2.22. The van der Waals surface area contributed by atoms with Gasteiger partial charge >= 0.3 is 0 Å². The van der Waals surface area contributed by atoms with Gasteiger partial charge in [0.2, 0.25) is 0 Å². The highest BCUT2D eigenvalue weighted by Crippen LogP contribution is 2.38. The number of rotatable bonds is 5. The average Bonchev–Trinajstić information content (AvgIpc) is 3.18. The largest absolute Gasteiger partial charge is 0.490 e. The number of benzene rings is 1. The Hall–Kier alpha value is -2.47. The summed E-state index contributed by atoms with van der Waals surface area (Å²) in [6.07, 6.45) is 6.43. The molecule has 0 radical (unpaired) electrons. The minimum absolute atomic E-state index is 0.0453. The van der Waals surface area contributed by atoms with Gasteiger partial charge in [0.15, 0.2) is 0 Å². The molecule has 3 aromatic rings. The fourth-order valence-corrected chi connectivity index (χ4v) is 4.47. The molecule has 28 heavy (non-hydrogen) atoms. The number of ketones is 1. The number of carbonyl (C=O) groups is 1. The lowest BCUT2D eigenvalue weighted by Gasteiger charge is -2.24. The molecule has 1 fully saturated rings. The second-order valence-electron chi connectivity index (χ2n) is 7.17. The number of H-pyrrole nitrogens is 1. The van der Waals surface area contributed by atoms with E-state index in [0.717, 1.165) is 40.9 Å². The van der Waals surface area contributed by atoms with Crippen molar-refractivity contribution in [2.75, 3.05) is 5.75 Å². The lowest BCUT2D eigenvalue weighted by Crippen LogP contribution is -2.24. The number of Topliss-reactive ketones (excluding diaryl/α,β-unsaturated/α-hetero) is 1. The molecule has 6 heteroatoms. The van der Waals surface area contributed by atoms with Gasteiger partial charge in [-0.2, -0.15) is 0 Å². The molecule has 0 amide bonds. The molecule has 1 aliphatic carbocycles. The molecule has 5 nitrogen and oxygen atoms in total. The third-order valence-corrected chi connectivity index (χ3v) is 6.11. The first-order valence-electron chi connectivity index (χ1n) is 9.69. The van der Waals surface area contributed by atoms with Gasteiger partial charge in [-0.25, -0.2) is 0 Å². The number of thioether (sulfide) groups is 1. The molecule has 0 unspecified atom stereocenters. The Labute approximate surface area is 168 Å². The van der Waals surface area contributed by atoms with Crippen LogP contribution in [0.25, 0.3) is 22.0 Å². The molecule has 1 aliphatic rings. The Kier molecular flexibility index (Phi) is 5.31. The maximum Gasteiger partial charge on any atom is 0.274 e. The summed E-state index contributed by atoms with van der Waals surface area (Å²) < 4.78 is 7.97. The van der Waals surface area contributed by atoms with Crippen molar-refractivity contribution in [1.82, 2.24) is 9.55 Å². The number of hydrogen-bond acceptors (Lipinski definition) is 4. The van der Waals surface area contributed by atoms with E-state index in [1.54, 1.807) is 29.6 Å². The summed E-state index contributed by atoms with van der Waals surface area (Å²) in [7, 11) is 1.77. The van der Waals surface area contributed by atoms with E-state index in [0.29, 0.717) is 24.1 Å². The van der Waals surface area contributed by atoms with Crippen LogP contribution < -0.4 is 10.3 Å². The number of carbonyl (C=O) groups excluding carboxylic acids is 1. The minimum Gasteiger partial charge on any atom is -0.490 e. The molecule has 1 aromatic carbocycles. The van der Waals surface area contributed by atoms with Crippen LogP contribution in [0.15, 0.2) is 46.3 Å². The van der Waals surface area contributed by atoms with Gasteiger partial charge in [-0.15, -0.1) is 11.8 Å². The van der Waals surface area contributed by atoms with E-state index in [1.807, 2.05) is 18.3 Å². The lowest BCUT2D eigenvalue weighted by molar-refractivity contribution is -0.121. The first-order chi connectivity index (χ1) is 13.6. The van der Waals surface area contributed by atoms with Crippen LogP contribution in [0.5, 0.6) is 5.75 Å². The Morgan fingerprint density at radius 1 is 1.18 bits per heavy atom. The molecule has 1 saturated carbocycles. The van der Waals surface area contributed by atoms with Gasteiger partial charge in [-0.1, -0.05) is 6.92 Å². The van der Waals surface area contributed by atoms with Crippen molar-refractivity contribution in [2.45, 2.75) is 43.6 Å². The van der Waals surface area contributed by atoms with E-state index in [-0.39, 0.29) is 11.7 Å². The van der Waals surface area contributed by atoms with Crippen molar-refractivity contribution >= 4 is 28.4 Å². The van der Waals surface area contributed by atoms with Crippen LogP contribution in [0.4, 0.5) is 0 Å². The van der Waals surface area contributed by atoms with Crippen molar-refractivity contribution in [3.8, 4) is 16.9 Å². The van der Waals surface area contributed by atoms with Gasteiger partial charge in [-0.3, -0.25) is 9.59 Å². The van der Waals surface area contributed by atoms with Gasteiger partial charge in [0.1, 0.15) is 17.0 Å². The lowest BCUT2D eigenvalue weighted by atomic mass is 9.96. The predicted octanol–water partition coefficient (Wildman–Crippen LogP) is 4.54. The summed E-state index contributed by atoms with van der Waals surface area (Å²) in [6, 6.07) is 8.18. The molecule has 0 bridgehead atoms. The topological polar surface area (TPSA) is 64.1 Å². The van der Waals surface area contributed by atoms with E-state index < -0.39 is 0 Å². The third kappa shape index (κ3) is 3.61. The molecular formula is C22H24N2O3S. The Morgan fingerprint density at radius 3 is 2.71 bits per heavy atom. The van der Waals surface area contributed by atoms with E-state index in [4.69, 9.17) is 4.74 Å². The first kappa shape index (κ1) is 18.9. The Bertz CT molecular complexity index is 1070. The van der Waals surface area contributed by atoms with Gasteiger partial charge in [-0.05, 0) is 42.9 Å². The monoisotopic (exact) mass is 396 g/mol. The maximum absolute atomic E-state index is 12.4. The van der Waals surface area contributed by atoms with Gasteiger partial charge < -0.3 is 14.3 Å². The van der Waals surface area contributed by atoms with Crippen LogP contribution in [0, 0.1) is 0 Å². The van der Waals surface area contributed by atoms with Crippen molar-refractivity contribution < 1.29 is 9.53 Å². The second-order valence-corrected chi connectivity index (χ2v) is 8.51. The minimum atomic E-state index is -0.0453. The molecule has 0 aliphatic heterocycles. The summed E-state index contributed by atoms with van der Waals surface area (Å²) in [5, 5.41) is 0.894. The van der Waals surface area contributed by atoms with Crippen LogP contribution in [0.1, 0.15) is 32.6 Å². The molecule has 146 valence electrons. The standard InChI is InChI=1S/C22H24N2O3S/c1-3-28-16-8-9-20(27-15-6-4-14(25)5-7-15)18(12-16)19-13-24(2)22(26)21-17(19)10-11-23-21/h8-13,15,23H,3-7H2,1-2H3. The number of aromatic nitrogens is 2. The second kappa shape index (κ2) is 7.87. The zero-order valence-corrected chi connectivity index (χ0v) is 17.0. The maximum atomic E-state index is 12.4. The quantitative estimate of drug-likeness (QED) is 0.643. The normalized spacial score (nSPS) is 15.3. The van der Waals surface area contributed by atoms with Gasteiger partial charge in [0.05, 0.1) is 6.10 Å². The molecule has 0 spiro atoms. The number of fused-ring (bicyclic) bond motifs is 1. The molecule has 2 aromatic heterocycles. The van der Waals surface area contributed by atoms with Crippen molar-refractivity contribution in [1.29, 1.82) is 0 Å². The number of nitrogens with zero attached hydrogens (tertiary/aromatic N) is 1. The van der Waals surface area contributed by atoms with Crippen LogP contribution >= 0.6 is 11.8 Å². The Balaban J connectivity index is 1.81. The summed E-state index contributed by atoms with van der Waals surface area (Å²) in [5.41, 5.74) is 2.51. The third-order valence-electron chi connectivity index (χ3n) is 5.23. The zero-order valence-electron chi connectivity index (χ0n) is 16.2. The molecule has 2 heterocycles. The van der Waals surface area contributed by atoms with Crippen molar-refractivity contribution in [2.24, 2.45) is 7.05 Å². The van der Waals surface area contributed by atoms with Crippen LogP contribution in [0.2, 0.25) is 0 Å². The zero-order chi connectivity index (χ0) is 19.7. The van der Waals surface area contributed by atoms with E-state index in [1.165, 1.54) is 4.90 Å². The average molecular weight is 397 g/mol.